The van der Waals surface area contributed by atoms with Crippen molar-refractivity contribution in [1.29, 1.82) is 0 Å². The molecule has 3 fully saturated rings. The van der Waals surface area contributed by atoms with Crippen LogP contribution >= 0.6 is 0 Å². The van der Waals surface area contributed by atoms with Gasteiger partial charge in [0.2, 0.25) is 35.4 Å². The van der Waals surface area contributed by atoms with E-state index in [1.54, 1.807) is 110 Å². The van der Waals surface area contributed by atoms with Gasteiger partial charge in [-0.05, 0) is 146 Å². The molecule has 9 aromatic rings. The summed E-state index contributed by atoms with van der Waals surface area (Å²) in [4.78, 5) is 146. The number of benzene rings is 6. The smallest absolute Gasteiger partial charge is 0.746 e. The number of H-pyrrole nitrogens is 3. The van der Waals surface area contributed by atoms with Crippen molar-refractivity contribution >= 4 is 129 Å². The normalized spacial score (nSPS) is 21.2. The van der Waals surface area contributed by atoms with Crippen LogP contribution in [0.25, 0.3) is 32.7 Å². The molecule has 2 unspecified atom stereocenters. The molecule has 6 aliphatic rings. The van der Waals surface area contributed by atoms with E-state index in [9.17, 15) is 84.1 Å². The fraction of sp³-hybridized carbons (Fsp3) is 0.381. The zero-order valence-corrected chi connectivity index (χ0v) is 74.1. The number of para-hydroxylation sites is 3. The van der Waals surface area contributed by atoms with Gasteiger partial charge in [0.05, 0.1) is 55.7 Å². The van der Waals surface area contributed by atoms with Gasteiger partial charge in [0.15, 0.2) is 10.9 Å². The van der Waals surface area contributed by atoms with Crippen LogP contribution in [0.15, 0.2) is 146 Å². The number of aldehydes is 1. The van der Waals surface area contributed by atoms with Crippen molar-refractivity contribution < 1.29 is 157 Å². The van der Waals surface area contributed by atoms with Gasteiger partial charge in [-0.15, -0.1) is 0 Å². The first kappa shape index (κ1) is 91.7. The molecule has 9 amide bonds. The summed E-state index contributed by atoms with van der Waals surface area (Å²) in [6.45, 7) is 10.8. The van der Waals surface area contributed by atoms with E-state index < -0.39 is 125 Å². The van der Waals surface area contributed by atoms with E-state index in [0.29, 0.717) is 79.4 Å². The van der Waals surface area contributed by atoms with Gasteiger partial charge in [-0.2, -0.15) is 0 Å². The minimum atomic E-state index is -5.25. The third-order valence-electron chi connectivity index (χ3n) is 23.0. The zero-order chi connectivity index (χ0) is 85.7. The Labute approximate surface area is 741 Å². The maximum atomic E-state index is 14.1. The largest absolute Gasteiger partial charge is 1.00 e. The van der Waals surface area contributed by atoms with Gasteiger partial charge >= 0.3 is 59.1 Å². The van der Waals surface area contributed by atoms with Crippen LogP contribution in [0.1, 0.15) is 128 Å². The summed E-state index contributed by atoms with van der Waals surface area (Å²) in [7, 11) is -5.92. The average molecular weight is 1720 g/mol. The number of fused-ring (bicyclic) bond motifs is 9. The second-order valence-corrected chi connectivity index (χ2v) is 35.1. The van der Waals surface area contributed by atoms with Crippen LogP contribution < -0.4 is 105 Å². The first-order chi connectivity index (χ1) is 56.5. The fourth-order valence-corrected chi connectivity index (χ4v) is 18.7. The molecule has 6 aromatic carbocycles. The topological polar surface area (TPSA) is 483 Å². The van der Waals surface area contributed by atoms with Crippen LogP contribution in [0.3, 0.4) is 0 Å². The molecule has 3 spiro atoms. The summed E-state index contributed by atoms with van der Waals surface area (Å²) in [5.74, 6) is -2.86. The Morgan fingerprint density at radius 2 is 0.736 bits per heavy atom. The van der Waals surface area contributed by atoms with E-state index in [1.165, 1.54) is 19.1 Å². The van der Waals surface area contributed by atoms with Gasteiger partial charge in [0.1, 0.15) is 79.0 Å². The standard InChI is InChI=1S/2C28H32N4O8S.C28H30N4O5.2Na/c2*1-15(2)11-21(30-24(33)20-12-16-18(29-20)9-6-10-23(16)40-3)25(34)32-14-28(13-22(32)26(35)41(37,38)39)17-7-4-5-8-19(17)31-27(28)36;1-16(2)11-23(30-25(34)22-12-18-20(29-22)9-6-10-24(18)37-3)26(35)32-15-28(13-17(32)14-33)19-7-4-5-8-21(19)31-27(28)36;;/h2*4-10,12,15,21-22,26,29,35H,11,13-14H2,1-3H3,(H,30,33)(H,31,36)(H,37,38,39);4-10,12,14,16-17,23,29H,11,13,15H2,1-3H3,(H,30,34)(H,31,36);;/q;;;2*+1/p-2/t2*21-,22-,26?,28-;17-,23-,28-;;/m000../s1. The number of carbonyl (C=O) groups is 10. The van der Waals surface area contributed by atoms with E-state index in [-0.39, 0.29) is 152 Å². The van der Waals surface area contributed by atoms with Crippen molar-refractivity contribution in [2.75, 3.05) is 56.9 Å². The zero-order valence-electron chi connectivity index (χ0n) is 68.5. The van der Waals surface area contributed by atoms with Gasteiger partial charge in [0.25, 0.3) is 17.7 Å². The number of likely N-dealkylation sites (tertiary alicyclic amines) is 3. The van der Waals surface area contributed by atoms with E-state index in [4.69, 9.17) is 14.2 Å². The molecule has 3 saturated heterocycles. The Morgan fingerprint density at radius 1 is 0.455 bits per heavy atom. The average Bonchev–Trinajstić information content (AvgIpc) is 1.61. The third-order valence-corrected chi connectivity index (χ3v) is 24.8. The number of hydrogen-bond acceptors (Lipinski definition) is 21. The van der Waals surface area contributed by atoms with Crippen molar-refractivity contribution in [3.63, 3.8) is 0 Å². The number of carbonyl (C=O) groups excluding carboxylic acids is 10. The second-order valence-electron chi connectivity index (χ2n) is 32.1. The Balaban J connectivity index is 0.000000176. The Morgan fingerprint density at radius 3 is 1.02 bits per heavy atom. The van der Waals surface area contributed by atoms with Crippen molar-refractivity contribution in [1.82, 2.24) is 45.6 Å². The van der Waals surface area contributed by atoms with E-state index >= 15 is 0 Å². The predicted molar refractivity (Wildman–Crippen MR) is 435 cm³/mol. The Bertz CT molecular complexity index is 5540. The van der Waals surface area contributed by atoms with E-state index in [1.807, 2.05) is 84.0 Å². The molecule has 11 atom stereocenters. The first-order valence-electron chi connectivity index (χ1n) is 38.7. The molecule has 628 valence electrons. The van der Waals surface area contributed by atoms with Crippen molar-refractivity contribution in [2.24, 2.45) is 17.8 Å². The number of ether oxygens (including phenoxy) is 3. The van der Waals surface area contributed by atoms with Crippen LogP contribution in [0.2, 0.25) is 0 Å². The molecule has 9 heterocycles. The fourth-order valence-electron chi connectivity index (χ4n) is 17.4. The number of nitrogens with one attached hydrogen (secondary N) is 9. The predicted octanol–water partition coefficient (Wildman–Crippen LogP) is 0.370. The number of rotatable bonds is 23. The Hall–Kier alpha value is -10.0. The molecule has 121 heavy (non-hydrogen) atoms. The maximum Gasteiger partial charge on any atom is 1.00 e. The molecule has 0 radical (unpaired) electrons. The SMILES string of the molecule is COc1cccc2[nH]c(C(=O)N[C@@H](CC(C)C)C(=O)N3C[C@]4(C[C@H]3C(O)S(=O)(=O)[O-])C(=O)Nc3ccccc34)cc12.COc1cccc2[nH]c(C(=O)N[C@@H](CC(C)C)C(=O)N3C[C@]4(C[C@H]3C(O)S(=O)(=O)[O-])C(=O)Nc3ccccc34)cc12.COc1cccc2[nH]c(C(=O)N[C@@H](CC(C)C)C(=O)N3C[C@]4(C[C@H]3C=O)C(=O)Nc3ccccc34)cc12.[Na+].[Na+]. The molecule has 0 saturated carbocycles. The van der Waals surface area contributed by atoms with Gasteiger partial charge in [-0.1, -0.05) is 114 Å². The summed E-state index contributed by atoms with van der Waals surface area (Å²) < 4.78 is 87.7. The molecule has 0 bridgehead atoms. The van der Waals surface area contributed by atoms with Gasteiger partial charge in [-0.25, -0.2) is 16.8 Å². The van der Waals surface area contributed by atoms with Crippen LogP contribution in [-0.2, 0) is 70.0 Å². The van der Waals surface area contributed by atoms with Gasteiger partial charge in [0, 0.05) is 69.4 Å². The number of aromatic nitrogens is 3. The van der Waals surface area contributed by atoms with Crippen molar-refractivity contribution in [2.45, 2.75) is 143 Å². The number of methoxy groups -OCH3 is 3. The molecule has 37 heteroatoms. The number of aliphatic hydroxyl groups excluding tert-OH is 2. The minimum Gasteiger partial charge on any atom is -0.746 e. The number of amides is 9. The second kappa shape index (κ2) is 36.6. The number of nitrogens with zero attached hydrogens (tertiary/aromatic N) is 3. The summed E-state index contributed by atoms with van der Waals surface area (Å²) >= 11 is 0. The molecule has 11 N–H and O–H groups in total. The van der Waals surface area contributed by atoms with Gasteiger partial charge < -0.3 is 99.9 Å². The molecule has 15 rings (SSSR count). The monoisotopic (exact) mass is 1710 g/mol. The minimum absolute atomic E-state index is 0. The number of hydrogen-bond donors (Lipinski definition) is 11. The maximum absolute atomic E-state index is 14.1. The van der Waals surface area contributed by atoms with Crippen molar-refractivity contribution in [3.05, 3.63) is 179 Å². The Kier molecular flexibility index (Phi) is 27.7. The summed E-state index contributed by atoms with van der Waals surface area (Å²) in [6.07, 6.45) is 1.09. The first-order valence-corrected chi connectivity index (χ1v) is 41.7. The van der Waals surface area contributed by atoms with Crippen LogP contribution in [0, 0.1) is 17.8 Å². The molecule has 3 aromatic heterocycles. The number of aliphatic hydroxyl groups is 2. The number of aromatic amines is 3. The molecule has 6 aliphatic heterocycles. The number of anilines is 3. The van der Waals surface area contributed by atoms with Gasteiger partial charge in [-0.3, -0.25) is 43.2 Å². The molecule has 33 nitrogen and oxygen atoms in total. The molecule has 0 aliphatic carbocycles. The summed E-state index contributed by atoms with van der Waals surface area (Å²) in [5, 5.41) is 40.1. The molecular formula is C84H92N12Na2O21S2. The van der Waals surface area contributed by atoms with Crippen LogP contribution in [-0.4, -0.2) is 213 Å². The third kappa shape index (κ3) is 18.0. The van der Waals surface area contributed by atoms with E-state index in [0.717, 1.165) is 32.6 Å². The summed E-state index contributed by atoms with van der Waals surface area (Å²) in [6, 6.07) is 35.0. The van der Waals surface area contributed by atoms with Crippen LogP contribution in [0.4, 0.5) is 17.1 Å². The van der Waals surface area contributed by atoms with Crippen molar-refractivity contribution in [3.8, 4) is 17.2 Å². The van der Waals surface area contributed by atoms with Crippen LogP contribution in [0.5, 0.6) is 17.2 Å². The summed E-state index contributed by atoms with van der Waals surface area (Å²) in [5.41, 5.74) is -2.40. The van der Waals surface area contributed by atoms with E-state index in [2.05, 4.69) is 46.9 Å². The molecular weight excluding hydrogens is 1620 g/mol. The quantitative estimate of drug-likeness (QED) is 0.0234.